The van der Waals surface area contributed by atoms with E-state index in [1.54, 1.807) is 12.1 Å². The highest BCUT2D eigenvalue weighted by Crippen LogP contribution is 2.17. The van der Waals surface area contributed by atoms with Crippen molar-refractivity contribution < 1.29 is 14.3 Å². The highest BCUT2D eigenvalue weighted by molar-refractivity contribution is 5.91. The van der Waals surface area contributed by atoms with E-state index in [2.05, 4.69) is 5.32 Å². The Hall–Kier alpha value is -3.13. The largest absolute Gasteiger partial charge is 0.449 e. The van der Waals surface area contributed by atoms with E-state index < -0.39 is 12.0 Å². The summed E-state index contributed by atoms with van der Waals surface area (Å²) >= 11 is 0. The van der Waals surface area contributed by atoms with Gasteiger partial charge in [-0.15, -0.1) is 0 Å². The average Bonchev–Trinajstić information content (AvgIpc) is 2.63. The first-order valence-electron chi connectivity index (χ1n) is 8.12. The zero-order chi connectivity index (χ0) is 18.1. The summed E-state index contributed by atoms with van der Waals surface area (Å²) in [6.07, 6.45) is 4.12. The lowest BCUT2D eigenvalue weighted by Gasteiger charge is -2.16. The Labute approximate surface area is 146 Å². The van der Waals surface area contributed by atoms with E-state index in [9.17, 15) is 9.59 Å². The number of nitrogens with one attached hydrogen (secondary N) is 1. The number of hydrogen-bond donors (Lipinski definition) is 1. The van der Waals surface area contributed by atoms with Gasteiger partial charge in [-0.05, 0) is 28.8 Å². The molecule has 5 nitrogen and oxygen atoms in total. The molecule has 0 aliphatic heterocycles. The van der Waals surface area contributed by atoms with Crippen molar-refractivity contribution in [3.8, 4) is 6.07 Å². The third kappa shape index (κ3) is 5.47. The van der Waals surface area contributed by atoms with Crippen LogP contribution in [0.25, 0.3) is 10.8 Å². The fourth-order valence-corrected chi connectivity index (χ4v) is 2.44. The van der Waals surface area contributed by atoms with Crippen LogP contribution in [-0.2, 0) is 20.7 Å². The van der Waals surface area contributed by atoms with Gasteiger partial charge < -0.3 is 10.1 Å². The van der Waals surface area contributed by atoms with Gasteiger partial charge in [-0.3, -0.25) is 4.79 Å². The molecule has 2 aromatic rings. The molecule has 1 atom stereocenters. The van der Waals surface area contributed by atoms with Gasteiger partial charge in [-0.25, -0.2) is 4.79 Å². The lowest BCUT2D eigenvalue weighted by Crippen LogP contribution is -2.42. The Morgan fingerprint density at radius 3 is 2.72 bits per heavy atom. The molecule has 0 radical (unpaired) electrons. The molecule has 0 aliphatic carbocycles. The second-order valence-corrected chi connectivity index (χ2v) is 5.52. The molecule has 1 amide bonds. The van der Waals surface area contributed by atoms with Gasteiger partial charge in [0, 0.05) is 6.42 Å². The third-order valence-electron chi connectivity index (χ3n) is 3.64. The molecule has 0 aromatic heterocycles. The molecular formula is C20H20N2O3. The summed E-state index contributed by atoms with van der Waals surface area (Å²) in [5.41, 5.74) is 0.900. The zero-order valence-electron chi connectivity index (χ0n) is 14.1. The van der Waals surface area contributed by atoms with Gasteiger partial charge in [0.15, 0.2) is 6.61 Å². The standard InChI is InChI=1S/C20H20N2O3/c1-2-3-8-19(23)22-18(20(24)25-12-11-21)14-15-9-10-16-6-4-5-7-17(16)13-15/h3-10,13,18H,2,12,14H2,1H3,(H,22,23)/b8-3+/t18-/m0/s1. The Bertz CT molecular complexity index is 821. The molecule has 1 N–H and O–H groups in total. The van der Waals surface area contributed by atoms with Crippen molar-refractivity contribution in [2.45, 2.75) is 25.8 Å². The van der Waals surface area contributed by atoms with Crippen molar-refractivity contribution >= 4 is 22.6 Å². The van der Waals surface area contributed by atoms with Crippen molar-refractivity contribution in [1.29, 1.82) is 5.26 Å². The SMILES string of the molecule is CC/C=C/C(=O)N[C@@H](Cc1ccc2ccccc2c1)C(=O)OCC#N. The van der Waals surface area contributed by atoms with E-state index in [0.717, 1.165) is 22.8 Å². The fraction of sp³-hybridized carbons (Fsp3) is 0.250. The smallest absolute Gasteiger partial charge is 0.330 e. The van der Waals surface area contributed by atoms with Crippen LogP contribution in [0.15, 0.2) is 54.6 Å². The van der Waals surface area contributed by atoms with Crippen LogP contribution >= 0.6 is 0 Å². The molecule has 0 unspecified atom stereocenters. The van der Waals surface area contributed by atoms with Gasteiger partial charge in [0.2, 0.25) is 5.91 Å². The van der Waals surface area contributed by atoms with Crippen LogP contribution in [0, 0.1) is 11.3 Å². The van der Waals surface area contributed by atoms with Crippen LogP contribution in [0.1, 0.15) is 18.9 Å². The lowest BCUT2D eigenvalue weighted by atomic mass is 10.0. The number of nitrogens with zero attached hydrogens (tertiary/aromatic N) is 1. The molecular weight excluding hydrogens is 316 g/mol. The number of nitriles is 1. The van der Waals surface area contributed by atoms with Gasteiger partial charge in [-0.2, -0.15) is 5.26 Å². The minimum Gasteiger partial charge on any atom is -0.449 e. The Balaban J connectivity index is 2.17. The Morgan fingerprint density at radius 1 is 1.24 bits per heavy atom. The number of carbonyl (C=O) groups is 2. The normalized spacial score (nSPS) is 11.8. The number of fused-ring (bicyclic) bond motifs is 1. The molecule has 0 bridgehead atoms. The van der Waals surface area contributed by atoms with Crippen LogP contribution in [-0.4, -0.2) is 24.5 Å². The van der Waals surface area contributed by atoms with E-state index in [1.165, 1.54) is 6.08 Å². The van der Waals surface area contributed by atoms with Crippen LogP contribution < -0.4 is 5.32 Å². The maximum Gasteiger partial charge on any atom is 0.330 e. The minimum atomic E-state index is -0.844. The maximum absolute atomic E-state index is 12.2. The topological polar surface area (TPSA) is 79.2 Å². The molecule has 2 rings (SSSR count). The number of esters is 1. The van der Waals surface area contributed by atoms with Gasteiger partial charge in [-0.1, -0.05) is 55.5 Å². The number of benzene rings is 2. The van der Waals surface area contributed by atoms with E-state index in [-0.39, 0.29) is 12.5 Å². The summed E-state index contributed by atoms with van der Waals surface area (Å²) in [7, 11) is 0. The van der Waals surface area contributed by atoms with E-state index in [1.807, 2.05) is 49.4 Å². The number of carbonyl (C=O) groups excluding carboxylic acids is 2. The number of hydrogen-bond acceptors (Lipinski definition) is 4. The summed E-state index contributed by atoms with van der Waals surface area (Å²) in [5.74, 6) is -0.977. The number of allylic oxidation sites excluding steroid dienone is 1. The maximum atomic E-state index is 12.2. The fourth-order valence-electron chi connectivity index (χ4n) is 2.44. The summed E-state index contributed by atoms with van der Waals surface area (Å²) < 4.78 is 4.88. The molecule has 128 valence electrons. The highest BCUT2D eigenvalue weighted by atomic mass is 16.5. The predicted molar refractivity (Wildman–Crippen MR) is 95.6 cm³/mol. The molecule has 0 saturated heterocycles. The summed E-state index contributed by atoms with van der Waals surface area (Å²) in [5, 5.41) is 13.4. The number of ether oxygens (including phenoxy) is 1. The monoisotopic (exact) mass is 336 g/mol. The van der Waals surface area contributed by atoms with Crippen molar-refractivity contribution in [3.05, 3.63) is 60.2 Å². The molecule has 0 aliphatic rings. The van der Waals surface area contributed by atoms with Gasteiger partial charge in [0.25, 0.3) is 0 Å². The van der Waals surface area contributed by atoms with Gasteiger partial charge >= 0.3 is 5.97 Å². The van der Waals surface area contributed by atoms with E-state index >= 15 is 0 Å². The first kappa shape index (κ1) is 18.2. The summed E-state index contributed by atoms with van der Waals surface area (Å²) in [4.78, 5) is 24.1. The van der Waals surface area contributed by atoms with Crippen molar-refractivity contribution in [2.24, 2.45) is 0 Å². The van der Waals surface area contributed by atoms with Crippen molar-refractivity contribution in [1.82, 2.24) is 5.32 Å². The molecule has 0 fully saturated rings. The zero-order valence-corrected chi connectivity index (χ0v) is 14.1. The molecule has 0 saturated carbocycles. The first-order chi connectivity index (χ1) is 12.1. The molecule has 25 heavy (non-hydrogen) atoms. The second kappa shape index (κ2) is 9.24. The van der Waals surface area contributed by atoms with Crippen molar-refractivity contribution in [3.63, 3.8) is 0 Å². The van der Waals surface area contributed by atoms with Crippen LogP contribution in [0.3, 0.4) is 0 Å². The van der Waals surface area contributed by atoms with Crippen LogP contribution in [0.2, 0.25) is 0 Å². The predicted octanol–water partition coefficient (Wildman–Crippen LogP) is 2.90. The van der Waals surface area contributed by atoms with Crippen LogP contribution in [0.4, 0.5) is 0 Å². The molecule has 5 heteroatoms. The highest BCUT2D eigenvalue weighted by Gasteiger charge is 2.22. The minimum absolute atomic E-state index is 0.292. The van der Waals surface area contributed by atoms with Crippen molar-refractivity contribution in [2.75, 3.05) is 6.61 Å². The van der Waals surface area contributed by atoms with Crippen LogP contribution in [0.5, 0.6) is 0 Å². The van der Waals surface area contributed by atoms with Gasteiger partial charge in [0.1, 0.15) is 12.1 Å². The quantitative estimate of drug-likeness (QED) is 0.623. The third-order valence-corrected chi connectivity index (χ3v) is 3.64. The second-order valence-electron chi connectivity index (χ2n) is 5.52. The molecule has 2 aromatic carbocycles. The van der Waals surface area contributed by atoms with Gasteiger partial charge in [0.05, 0.1) is 0 Å². The summed E-state index contributed by atoms with van der Waals surface area (Å²) in [6, 6.07) is 14.7. The average molecular weight is 336 g/mol. The summed E-state index contributed by atoms with van der Waals surface area (Å²) in [6.45, 7) is 1.57. The molecule has 0 spiro atoms. The Kier molecular flexibility index (Phi) is 6.73. The van der Waals surface area contributed by atoms with E-state index in [0.29, 0.717) is 6.42 Å². The van der Waals surface area contributed by atoms with E-state index in [4.69, 9.17) is 10.00 Å². The molecule has 0 heterocycles. The lowest BCUT2D eigenvalue weighted by molar-refractivity contribution is -0.146. The Morgan fingerprint density at radius 2 is 2.00 bits per heavy atom. The number of amides is 1. The first-order valence-corrected chi connectivity index (χ1v) is 8.12. The number of rotatable bonds is 7.